The van der Waals surface area contributed by atoms with E-state index in [0.717, 1.165) is 27.8 Å². The molecule has 0 aliphatic rings. The van der Waals surface area contributed by atoms with E-state index in [2.05, 4.69) is 5.32 Å². The molecule has 0 aliphatic heterocycles. The van der Waals surface area contributed by atoms with Gasteiger partial charge in [0.1, 0.15) is 12.6 Å². The summed E-state index contributed by atoms with van der Waals surface area (Å²) in [6.45, 7) is 9.06. The van der Waals surface area contributed by atoms with Crippen LogP contribution in [0.5, 0.6) is 0 Å². The molecular weight excluding hydrogens is 618 g/mol. The van der Waals surface area contributed by atoms with Crippen molar-refractivity contribution in [2.75, 3.05) is 10.8 Å². The molecule has 0 aliphatic carbocycles. The lowest BCUT2D eigenvalue weighted by molar-refractivity contribution is -0.140. The molecule has 9 heteroatoms. The lowest BCUT2D eigenvalue weighted by Crippen LogP contribution is -2.54. The van der Waals surface area contributed by atoms with Crippen LogP contribution in [-0.4, -0.2) is 43.8 Å². The third-order valence-corrected chi connectivity index (χ3v) is 10.3. The van der Waals surface area contributed by atoms with Crippen molar-refractivity contribution in [3.63, 3.8) is 0 Å². The topological polar surface area (TPSA) is 86.8 Å². The van der Waals surface area contributed by atoms with Crippen LogP contribution in [0.15, 0.2) is 102 Å². The number of hydrogen-bond acceptors (Lipinski definition) is 4. The number of carbonyl (C=O) groups is 2. The zero-order valence-corrected chi connectivity index (χ0v) is 28.6. The Hall–Kier alpha value is -4.14. The smallest absolute Gasteiger partial charge is 0.264 e. The Kier molecular flexibility index (Phi) is 11.7. The van der Waals surface area contributed by atoms with Crippen LogP contribution in [0.4, 0.5) is 5.69 Å². The molecule has 0 saturated heterocycles. The van der Waals surface area contributed by atoms with Gasteiger partial charge < -0.3 is 10.2 Å². The molecular formula is C37H42ClN3O4S. The molecule has 0 radical (unpaired) electrons. The quantitative estimate of drug-likeness (QED) is 0.167. The lowest BCUT2D eigenvalue weighted by Gasteiger charge is -2.34. The summed E-state index contributed by atoms with van der Waals surface area (Å²) in [5.74, 6) is -0.829. The third-order valence-electron chi connectivity index (χ3n) is 8.25. The predicted molar refractivity (Wildman–Crippen MR) is 185 cm³/mol. The first kappa shape index (κ1) is 34.7. The van der Waals surface area contributed by atoms with Gasteiger partial charge in [0.05, 0.1) is 10.6 Å². The maximum absolute atomic E-state index is 14.6. The Morgan fingerprint density at radius 2 is 1.50 bits per heavy atom. The highest BCUT2D eigenvalue weighted by atomic mass is 35.5. The van der Waals surface area contributed by atoms with E-state index in [0.29, 0.717) is 17.1 Å². The molecule has 4 rings (SSSR count). The summed E-state index contributed by atoms with van der Waals surface area (Å²) >= 11 is 6.33. The third kappa shape index (κ3) is 8.56. The van der Waals surface area contributed by atoms with Crippen LogP contribution >= 0.6 is 11.6 Å². The Morgan fingerprint density at radius 1 is 0.848 bits per heavy atom. The van der Waals surface area contributed by atoms with Crippen molar-refractivity contribution >= 4 is 39.1 Å². The van der Waals surface area contributed by atoms with Crippen molar-refractivity contribution in [1.29, 1.82) is 0 Å². The predicted octanol–water partition coefficient (Wildman–Crippen LogP) is 7.02. The minimum atomic E-state index is -4.18. The summed E-state index contributed by atoms with van der Waals surface area (Å²) in [6, 6.07) is 27.5. The van der Waals surface area contributed by atoms with E-state index in [1.807, 2.05) is 77.1 Å². The molecule has 0 aromatic heterocycles. The molecule has 0 fully saturated rings. The van der Waals surface area contributed by atoms with E-state index in [-0.39, 0.29) is 29.8 Å². The number of halogens is 1. The summed E-state index contributed by atoms with van der Waals surface area (Å²) in [4.78, 5) is 30.2. The number of benzene rings is 4. The number of aryl methyl sites for hydroxylation is 2. The van der Waals surface area contributed by atoms with Gasteiger partial charge in [-0.2, -0.15) is 0 Å². The summed E-state index contributed by atoms with van der Waals surface area (Å²) in [6.07, 6.45) is 0.949. The van der Waals surface area contributed by atoms with Crippen LogP contribution in [-0.2, 0) is 32.6 Å². The summed E-state index contributed by atoms with van der Waals surface area (Å²) in [7, 11) is -4.18. The Bertz CT molecular complexity index is 1760. The minimum Gasteiger partial charge on any atom is -0.352 e. The zero-order valence-electron chi connectivity index (χ0n) is 27.0. The average molecular weight is 660 g/mol. The molecule has 0 saturated carbocycles. The lowest BCUT2D eigenvalue weighted by atomic mass is 10.0. The maximum Gasteiger partial charge on any atom is 0.264 e. The largest absolute Gasteiger partial charge is 0.352 e. The van der Waals surface area contributed by atoms with E-state index >= 15 is 0 Å². The van der Waals surface area contributed by atoms with E-state index in [1.165, 1.54) is 9.21 Å². The van der Waals surface area contributed by atoms with Gasteiger partial charge in [0.15, 0.2) is 0 Å². The zero-order chi connectivity index (χ0) is 33.4. The number of sulfonamides is 1. The first-order valence-corrected chi connectivity index (χ1v) is 17.3. The molecule has 1 N–H and O–H groups in total. The van der Waals surface area contributed by atoms with Gasteiger partial charge in [-0.1, -0.05) is 90.8 Å². The van der Waals surface area contributed by atoms with Crippen molar-refractivity contribution in [3.05, 3.63) is 130 Å². The van der Waals surface area contributed by atoms with Gasteiger partial charge >= 0.3 is 0 Å². The second-order valence-electron chi connectivity index (χ2n) is 11.7. The molecule has 0 spiro atoms. The standard InChI is InChI=1S/C37H42ClN3O4S/c1-6-28(4)39-37(43)35(23-30-13-8-7-9-14-30)40(24-31-15-11-16-32(38)22-31)36(42)25-41(34-17-10-12-27(3)29(34)5)46(44,45)33-20-18-26(2)19-21-33/h7-22,28,35H,6,23-25H2,1-5H3,(H,39,43)/t28-,35-/m0/s1. The maximum atomic E-state index is 14.6. The van der Waals surface area contributed by atoms with Crippen molar-refractivity contribution < 1.29 is 18.0 Å². The number of nitrogens with one attached hydrogen (secondary N) is 1. The minimum absolute atomic E-state index is 0.0516. The fourth-order valence-corrected chi connectivity index (χ4v) is 6.87. The van der Waals surface area contributed by atoms with Crippen LogP contribution in [0.3, 0.4) is 0 Å². The number of amides is 2. The average Bonchev–Trinajstić information content (AvgIpc) is 3.03. The second-order valence-corrected chi connectivity index (χ2v) is 14.0. The normalized spacial score (nSPS) is 12.7. The van der Waals surface area contributed by atoms with E-state index in [1.54, 1.807) is 54.6 Å². The molecule has 0 bridgehead atoms. The number of carbonyl (C=O) groups excluding carboxylic acids is 2. The SMILES string of the molecule is CC[C@H](C)NC(=O)[C@H](Cc1ccccc1)N(Cc1cccc(Cl)c1)C(=O)CN(c1cccc(C)c1C)S(=O)(=O)c1ccc(C)cc1. The fourth-order valence-electron chi connectivity index (χ4n) is 5.18. The Balaban J connectivity index is 1.84. The number of anilines is 1. The van der Waals surface area contributed by atoms with Gasteiger partial charge in [0.25, 0.3) is 10.0 Å². The van der Waals surface area contributed by atoms with Crippen LogP contribution in [0.2, 0.25) is 5.02 Å². The molecule has 4 aromatic rings. The fraction of sp³-hybridized carbons (Fsp3) is 0.297. The first-order chi connectivity index (χ1) is 21.9. The van der Waals surface area contributed by atoms with Crippen molar-refractivity contribution in [2.24, 2.45) is 0 Å². The summed E-state index contributed by atoms with van der Waals surface area (Å²) in [5, 5.41) is 3.55. The van der Waals surface area contributed by atoms with Crippen molar-refractivity contribution in [2.45, 2.75) is 71.0 Å². The van der Waals surface area contributed by atoms with E-state index in [9.17, 15) is 18.0 Å². The number of nitrogens with zero attached hydrogens (tertiary/aromatic N) is 2. The highest BCUT2D eigenvalue weighted by Crippen LogP contribution is 2.29. The van der Waals surface area contributed by atoms with E-state index < -0.39 is 28.5 Å². The van der Waals surface area contributed by atoms with Gasteiger partial charge in [0.2, 0.25) is 11.8 Å². The van der Waals surface area contributed by atoms with Gasteiger partial charge in [-0.3, -0.25) is 13.9 Å². The monoisotopic (exact) mass is 659 g/mol. The van der Waals surface area contributed by atoms with Gasteiger partial charge in [0, 0.05) is 24.0 Å². The second kappa shape index (κ2) is 15.4. The van der Waals surface area contributed by atoms with Gasteiger partial charge in [-0.05, 0) is 86.7 Å². The van der Waals surface area contributed by atoms with Gasteiger partial charge in [-0.15, -0.1) is 0 Å². The van der Waals surface area contributed by atoms with Crippen LogP contribution < -0.4 is 9.62 Å². The number of hydrogen-bond donors (Lipinski definition) is 1. The summed E-state index contributed by atoms with van der Waals surface area (Å²) < 4.78 is 29.8. The van der Waals surface area contributed by atoms with E-state index in [4.69, 9.17) is 11.6 Å². The molecule has 46 heavy (non-hydrogen) atoms. The van der Waals surface area contributed by atoms with Crippen LogP contribution in [0, 0.1) is 20.8 Å². The molecule has 0 heterocycles. The molecule has 0 unspecified atom stereocenters. The van der Waals surface area contributed by atoms with Gasteiger partial charge in [-0.25, -0.2) is 8.42 Å². The number of rotatable bonds is 13. The Labute approximate surface area is 278 Å². The van der Waals surface area contributed by atoms with Crippen LogP contribution in [0.25, 0.3) is 0 Å². The first-order valence-electron chi connectivity index (χ1n) is 15.4. The van der Waals surface area contributed by atoms with Crippen molar-refractivity contribution in [1.82, 2.24) is 10.2 Å². The highest BCUT2D eigenvalue weighted by molar-refractivity contribution is 7.92. The molecule has 7 nitrogen and oxygen atoms in total. The summed E-state index contributed by atoms with van der Waals surface area (Å²) in [5.41, 5.74) is 4.53. The highest BCUT2D eigenvalue weighted by Gasteiger charge is 2.35. The molecule has 242 valence electrons. The van der Waals surface area contributed by atoms with Crippen molar-refractivity contribution in [3.8, 4) is 0 Å². The molecule has 4 aromatic carbocycles. The molecule has 2 amide bonds. The van der Waals surface area contributed by atoms with Crippen LogP contribution in [0.1, 0.15) is 48.1 Å². The molecule has 2 atom stereocenters. The Morgan fingerprint density at radius 3 is 2.15 bits per heavy atom.